The first-order chi connectivity index (χ1) is 12.5. The number of benzene rings is 1. The molecule has 3 rings (SSSR count). The van der Waals surface area contributed by atoms with Gasteiger partial charge in [-0.25, -0.2) is 4.98 Å². The molecule has 0 radical (unpaired) electrons. The molecule has 1 N–H and O–H groups in total. The molecule has 2 heterocycles. The Morgan fingerprint density at radius 3 is 2.69 bits per heavy atom. The molecule has 2 amide bonds. The second-order valence-corrected chi connectivity index (χ2v) is 6.96. The van der Waals surface area contributed by atoms with E-state index in [2.05, 4.69) is 10.3 Å². The molecular formula is C19H19Cl2N3O2. The molecule has 0 bridgehead atoms. The molecule has 0 aliphatic carbocycles. The number of aromatic nitrogens is 1. The van der Waals surface area contributed by atoms with Crippen LogP contribution in [0, 0.1) is 0 Å². The molecule has 0 spiro atoms. The molecule has 1 aromatic carbocycles. The SMILES string of the molecule is O=C(CCc1c(Cl)cccc1Cl)NCc1ccnc(N2CCCC2=O)c1. The van der Waals surface area contributed by atoms with Gasteiger partial charge in [-0.2, -0.15) is 0 Å². The monoisotopic (exact) mass is 391 g/mol. The molecular weight excluding hydrogens is 373 g/mol. The Hall–Kier alpha value is -2.11. The van der Waals surface area contributed by atoms with Gasteiger partial charge in [0.05, 0.1) is 0 Å². The highest BCUT2D eigenvalue weighted by Gasteiger charge is 2.22. The second kappa shape index (κ2) is 8.52. The minimum absolute atomic E-state index is 0.0865. The average molecular weight is 392 g/mol. The summed E-state index contributed by atoms with van der Waals surface area (Å²) in [6, 6.07) is 8.97. The van der Waals surface area contributed by atoms with Crippen LogP contribution in [-0.2, 0) is 22.6 Å². The molecule has 0 atom stereocenters. The van der Waals surface area contributed by atoms with Crippen molar-refractivity contribution in [3.8, 4) is 0 Å². The van der Waals surface area contributed by atoms with Gasteiger partial charge in [-0.1, -0.05) is 29.3 Å². The number of nitrogens with zero attached hydrogens (tertiary/aromatic N) is 2. The van der Waals surface area contributed by atoms with E-state index in [9.17, 15) is 9.59 Å². The Morgan fingerprint density at radius 1 is 1.23 bits per heavy atom. The molecule has 0 saturated carbocycles. The highest BCUT2D eigenvalue weighted by Crippen LogP contribution is 2.25. The predicted molar refractivity (Wildman–Crippen MR) is 102 cm³/mol. The molecule has 1 fully saturated rings. The zero-order valence-electron chi connectivity index (χ0n) is 14.2. The van der Waals surface area contributed by atoms with Crippen LogP contribution in [0.5, 0.6) is 0 Å². The number of carbonyl (C=O) groups excluding carboxylic acids is 2. The fourth-order valence-corrected chi connectivity index (χ4v) is 3.49. The molecule has 2 aromatic rings. The van der Waals surface area contributed by atoms with Crippen molar-refractivity contribution in [3.05, 3.63) is 57.7 Å². The molecule has 1 saturated heterocycles. The third-order valence-electron chi connectivity index (χ3n) is 4.31. The maximum absolute atomic E-state index is 12.1. The van der Waals surface area contributed by atoms with E-state index in [1.165, 1.54) is 0 Å². The zero-order chi connectivity index (χ0) is 18.5. The van der Waals surface area contributed by atoms with E-state index < -0.39 is 0 Å². The summed E-state index contributed by atoms with van der Waals surface area (Å²) in [5.41, 5.74) is 1.68. The van der Waals surface area contributed by atoms with Crippen LogP contribution in [0.15, 0.2) is 36.5 Å². The second-order valence-electron chi connectivity index (χ2n) is 6.15. The van der Waals surface area contributed by atoms with Gasteiger partial charge in [0.25, 0.3) is 0 Å². The standard InChI is InChI=1S/C19H19Cl2N3O2/c20-15-3-1-4-16(21)14(15)6-7-18(25)23-12-13-8-9-22-17(11-13)24-10-2-5-19(24)26/h1,3-4,8-9,11H,2,5-7,10,12H2,(H,23,25). The van der Waals surface area contributed by atoms with Crippen molar-refractivity contribution in [2.45, 2.75) is 32.2 Å². The lowest BCUT2D eigenvalue weighted by atomic mass is 10.1. The highest BCUT2D eigenvalue weighted by molar-refractivity contribution is 6.36. The predicted octanol–water partition coefficient (Wildman–Crippen LogP) is 3.76. The molecule has 1 aromatic heterocycles. The molecule has 7 heteroatoms. The van der Waals surface area contributed by atoms with E-state index in [1.54, 1.807) is 29.3 Å². The van der Waals surface area contributed by atoms with Gasteiger partial charge in [0.2, 0.25) is 11.8 Å². The maximum atomic E-state index is 12.1. The van der Waals surface area contributed by atoms with Crippen LogP contribution < -0.4 is 10.2 Å². The van der Waals surface area contributed by atoms with Gasteiger partial charge in [0.15, 0.2) is 0 Å². The minimum Gasteiger partial charge on any atom is -0.352 e. The Balaban J connectivity index is 1.54. The number of nitrogens with one attached hydrogen (secondary N) is 1. The first-order valence-corrected chi connectivity index (χ1v) is 9.25. The third-order valence-corrected chi connectivity index (χ3v) is 5.02. The first kappa shape index (κ1) is 18.7. The Bertz CT molecular complexity index is 806. The van der Waals surface area contributed by atoms with Gasteiger partial charge in [-0.3, -0.25) is 14.5 Å². The van der Waals surface area contributed by atoms with Crippen LogP contribution in [0.3, 0.4) is 0 Å². The maximum Gasteiger partial charge on any atom is 0.228 e. The number of halogens is 2. The van der Waals surface area contributed by atoms with Gasteiger partial charge in [0.1, 0.15) is 5.82 Å². The first-order valence-electron chi connectivity index (χ1n) is 8.49. The van der Waals surface area contributed by atoms with Crippen LogP contribution in [0.4, 0.5) is 5.82 Å². The lowest BCUT2D eigenvalue weighted by Gasteiger charge is -2.15. The number of hydrogen-bond acceptors (Lipinski definition) is 3. The average Bonchev–Trinajstić information content (AvgIpc) is 3.06. The van der Waals surface area contributed by atoms with Gasteiger partial charge in [0, 0.05) is 42.2 Å². The van der Waals surface area contributed by atoms with Crippen LogP contribution in [0.1, 0.15) is 30.4 Å². The summed E-state index contributed by atoms with van der Waals surface area (Å²) in [6.45, 7) is 1.08. The molecule has 5 nitrogen and oxygen atoms in total. The summed E-state index contributed by atoms with van der Waals surface area (Å²) in [5.74, 6) is 0.647. The van der Waals surface area contributed by atoms with Crippen molar-refractivity contribution in [1.82, 2.24) is 10.3 Å². The summed E-state index contributed by atoms with van der Waals surface area (Å²) < 4.78 is 0. The number of anilines is 1. The van der Waals surface area contributed by atoms with E-state index in [1.807, 2.05) is 12.1 Å². The molecule has 136 valence electrons. The summed E-state index contributed by atoms with van der Waals surface area (Å²) in [4.78, 5) is 29.9. The molecule has 0 unspecified atom stereocenters. The zero-order valence-corrected chi connectivity index (χ0v) is 15.7. The van der Waals surface area contributed by atoms with Gasteiger partial charge < -0.3 is 5.32 Å². The Morgan fingerprint density at radius 2 is 2.00 bits per heavy atom. The third kappa shape index (κ3) is 4.54. The van der Waals surface area contributed by atoms with E-state index in [0.717, 1.165) is 17.5 Å². The van der Waals surface area contributed by atoms with Crippen molar-refractivity contribution in [2.75, 3.05) is 11.4 Å². The lowest BCUT2D eigenvalue weighted by molar-refractivity contribution is -0.121. The summed E-state index contributed by atoms with van der Waals surface area (Å²) >= 11 is 12.2. The fraction of sp³-hybridized carbons (Fsp3) is 0.316. The van der Waals surface area contributed by atoms with E-state index in [0.29, 0.717) is 48.2 Å². The highest BCUT2D eigenvalue weighted by atomic mass is 35.5. The van der Waals surface area contributed by atoms with Crippen LogP contribution >= 0.6 is 23.2 Å². The van der Waals surface area contributed by atoms with Crippen molar-refractivity contribution in [2.24, 2.45) is 0 Å². The minimum atomic E-state index is -0.0865. The van der Waals surface area contributed by atoms with Gasteiger partial charge >= 0.3 is 0 Å². The normalized spacial score (nSPS) is 13.9. The summed E-state index contributed by atoms with van der Waals surface area (Å²) in [5, 5.41) is 4.02. The van der Waals surface area contributed by atoms with Crippen molar-refractivity contribution < 1.29 is 9.59 Å². The van der Waals surface area contributed by atoms with Gasteiger partial charge in [-0.15, -0.1) is 0 Å². The largest absolute Gasteiger partial charge is 0.352 e. The van der Waals surface area contributed by atoms with E-state index >= 15 is 0 Å². The van der Waals surface area contributed by atoms with E-state index in [4.69, 9.17) is 23.2 Å². The Labute approximate surface area is 162 Å². The topological polar surface area (TPSA) is 62.3 Å². The van der Waals surface area contributed by atoms with Crippen molar-refractivity contribution >= 4 is 40.8 Å². The lowest BCUT2D eigenvalue weighted by Crippen LogP contribution is -2.26. The number of pyridine rings is 1. The van der Waals surface area contributed by atoms with Crippen LogP contribution in [0.2, 0.25) is 10.0 Å². The molecule has 26 heavy (non-hydrogen) atoms. The smallest absolute Gasteiger partial charge is 0.228 e. The number of rotatable bonds is 6. The van der Waals surface area contributed by atoms with Crippen molar-refractivity contribution in [3.63, 3.8) is 0 Å². The quantitative estimate of drug-likeness (QED) is 0.814. The van der Waals surface area contributed by atoms with Crippen molar-refractivity contribution in [1.29, 1.82) is 0 Å². The fourth-order valence-electron chi connectivity index (χ4n) is 2.91. The summed E-state index contributed by atoms with van der Waals surface area (Å²) in [6.07, 6.45) is 3.85. The Kier molecular flexibility index (Phi) is 6.12. The molecule has 1 aliphatic rings. The van der Waals surface area contributed by atoms with Crippen LogP contribution in [0.25, 0.3) is 0 Å². The van der Waals surface area contributed by atoms with Crippen LogP contribution in [-0.4, -0.2) is 23.3 Å². The number of hydrogen-bond donors (Lipinski definition) is 1. The molecule has 1 aliphatic heterocycles. The summed E-state index contributed by atoms with van der Waals surface area (Å²) in [7, 11) is 0. The van der Waals surface area contributed by atoms with E-state index in [-0.39, 0.29) is 11.8 Å². The number of carbonyl (C=O) groups is 2. The number of amides is 2. The van der Waals surface area contributed by atoms with Gasteiger partial charge in [-0.05, 0) is 48.2 Å².